The Bertz CT molecular complexity index is 583. The Kier molecular flexibility index (Phi) is 5.58. The van der Waals surface area contributed by atoms with Gasteiger partial charge >= 0.3 is 0 Å². The first-order valence-corrected chi connectivity index (χ1v) is 7.70. The molecular formula is C17H24N4O. The van der Waals surface area contributed by atoms with E-state index in [1.165, 1.54) is 0 Å². The zero-order valence-corrected chi connectivity index (χ0v) is 13.6. The molecule has 118 valence electrons. The molecule has 0 aliphatic rings. The summed E-state index contributed by atoms with van der Waals surface area (Å²) < 4.78 is 5.63. The van der Waals surface area contributed by atoms with Gasteiger partial charge in [0.1, 0.15) is 11.6 Å². The Morgan fingerprint density at radius 1 is 1.09 bits per heavy atom. The first kappa shape index (κ1) is 16.1. The van der Waals surface area contributed by atoms with E-state index in [0.717, 1.165) is 23.7 Å². The third kappa shape index (κ3) is 4.91. The largest absolute Gasteiger partial charge is 0.491 e. The molecule has 0 saturated carbocycles. The minimum absolute atomic E-state index is 0.176. The molecule has 0 fully saturated rings. The topological polar surface area (TPSA) is 59.1 Å². The number of aromatic nitrogens is 2. The highest BCUT2D eigenvalue weighted by molar-refractivity contribution is 5.57. The van der Waals surface area contributed by atoms with Gasteiger partial charge in [0.25, 0.3) is 0 Å². The molecule has 2 aromatic rings. The van der Waals surface area contributed by atoms with Crippen molar-refractivity contribution < 1.29 is 4.74 Å². The Morgan fingerprint density at radius 3 is 2.45 bits per heavy atom. The van der Waals surface area contributed by atoms with Gasteiger partial charge in [0.05, 0.1) is 6.10 Å². The Labute approximate surface area is 132 Å². The quantitative estimate of drug-likeness (QED) is 0.802. The highest BCUT2D eigenvalue weighted by Gasteiger charge is 2.04. The highest BCUT2D eigenvalue weighted by Crippen LogP contribution is 2.20. The van der Waals surface area contributed by atoms with E-state index in [-0.39, 0.29) is 6.10 Å². The van der Waals surface area contributed by atoms with Gasteiger partial charge in [0.15, 0.2) is 0 Å². The van der Waals surface area contributed by atoms with E-state index >= 15 is 0 Å². The second-order valence-electron chi connectivity index (χ2n) is 5.54. The lowest BCUT2D eigenvalue weighted by atomic mass is 10.3. The van der Waals surface area contributed by atoms with Crippen molar-refractivity contribution in [3.05, 3.63) is 36.5 Å². The second-order valence-corrected chi connectivity index (χ2v) is 5.54. The van der Waals surface area contributed by atoms with Crippen molar-refractivity contribution in [2.24, 2.45) is 0 Å². The lowest BCUT2D eigenvalue weighted by molar-refractivity contribution is 0.242. The molecule has 0 aliphatic carbocycles. The zero-order valence-electron chi connectivity index (χ0n) is 13.6. The predicted molar refractivity (Wildman–Crippen MR) is 90.9 cm³/mol. The van der Waals surface area contributed by atoms with Crippen LogP contribution in [0.5, 0.6) is 5.75 Å². The van der Waals surface area contributed by atoms with E-state index in [4.69, 9.17) is 4.74 Å². The van der Waals surface area contributed by atoms with Gasteiger partial charge in [-0.15, -0.1) is 0 Å². The number of rotatable bonds is 7. The van der Waals surface area contributed by atoms with Crippen molar-refractivity contribution in [1.82, 2.24) is 9.97 Å². The zero-order chi connectivity index (χ0) is 15.9. The minimum atomic E-state index is 0.176. The first-order chi connectivity index (χ1) is 10.6. The molecule has 5 nitrogen and oxygen atoms in total. The maximum atomic E-state index is 5.63. The van der Waals surface area contributed by atoms with Gasteiger partial charge in [-0.2, -0.15) is 4.98 Å². The van der Waals surface area contributed by atoms with Crippen molar-refractivity contribution in [2.75, 3.05) is 10.6 Å². The molecule has 2 N–H and O–H groups in total. The molecule has 1 heterocycles. The number of nitrogens with one attached hydrogen (secondary N) is 2. The van der Waals surface area contributed by atoms with Gasteiger partial charge in [-0.25, -0.2) is 4.98 Å². The van der Waals surface area contributed by atoms with Crippen LogP contribution in [0, 0.1) is 0 Å². The number of hydrogen-bond acceptors (Lipinski definition) is 5. The minimum Gasteiger partial charge on any atom is -0.491 e. The van der Waals surface area contributed by atoms with E-state index in [2.05, 4.69) is 34.4 Å². The number of ether oxygens (including phenoxy) is 1. The van der Waals surface area contributed by atoms with Gasteiger partial charge in [-0.1, -0.05) is 6.92 Å². The van der Waals surface area contributed by atoms with E-state index in [1.54, 1.807) is 6.20 Å². The Balaban J connectivity index is 2.02. The summed E-state index contributed by atoms with van der Waals surface area (Å²) in [7, 11) is 0. The molecule has 0 amide bonds. The lowest BCUT2D eigenvalue weighted by Crippen LogP contribution is -2.15. The third-order valence-electron chi connectivity index (χ3n) is 3.14. The lowest BCUT2D eigenvalue weighted by Gasteiger charge is -2.13. The molecular weight excluding hydrogens is 276 g/mol. The van der Waals surface area contributed by atoms with E-state index in [1.807, 2.05) is 44.2 Å². The fraction of sp³-hybridized carbons (Fsp3) is 0.412. The van der Waals surface area contributed by atoms with Crippen LogP contribution in [0.2, 0.25) is 0 Å². The monoisotopic (exact) mass is 300 g/mol. The molecule has 1 aromatic heterocycles. The van der Waals surface area contributed by atoms with Crippen LogP contribution in [-0.2, 0) is 0 Å². The summed E-state index contributed by atoms with van der Waals surface area (Å²) in [6, 6.07) is 10.0. The fourth-order valence-electron chi connectivity index (χ4n) is 1.86. The van der Waals surface area contributed by atoms with Crippen LogP contribution in [-0.4, -0.2) is 22.1 Å². The van der Waals surface area contributed by atoms with Crippen LogP contribution in [0.25, 0.3) is 0 Å². The van der Waals surface area contributed by atoms with Crippen molar-refractivity contribution in [3.63, 3.8) is 0 Å². The predicted octanol–water partition coefficient (Wildman–Crippen LogP) is 4.22. The average molecular weight is 300 g/mol. The van der Waals surface area contributed by atoms with E-state index in [0.29, 0.717) is 12.0 Å². The Hall–Kier alpha value is -2.30. The standard InChI is InChI=1S/C17H24N4O/c1-5-13(4)19-17-18-11-10-16(21-17)20-14-6-8-15(9-7-14)22-12(2)3/h6-13H,5H2,1-4H3,(H2,18,19,20,21). The van der Waals surface area contributed by atoms with Gasteiger partial charge in [0.2, 0.25) is 5.95 Å². The van der Waals surface area contributed by atoms with Crippen LogP contribution in [0.4, 0.5) is 17.5 Å². The molecule has 0 bridgehead atoms. The molecule has 0 spiro atoms. The molecule has 0 aliphatic heterocycles. The van der Waals surface area contributed by atoms with Crippen LogP contribution < -0.4 is 15.4 Å². The van der Waals surface area contributed by atoms with Gasteiger partial charge in [0, 0.05) is 17.9 Å². The number of anilines is 3. The van der Waals surface area contributed by atoms with Crippen molar-refractivity contribution in [2.45, 2.75) is 46.3 Å². The number of hydrogen-bond donors (Lipinski definition) is 2. The molecule has 22 heavy (non-hydrogen) atoms. The normalized spacial score (nSPS) is 12.0. The summed E-state index contributed by atoms with van der Waals surface area (Å²) in [5.74, 6) is 2.26. The van der Waals surface area contributed by atoms with Crippen molar-refractivity contribution in [1.29, 1.82) is 0 Å². The maximum Gasteiger partial charge on any atom is 0.224 e. The molecule has 1 unspecified atom stereocenters. The molecule has 0 saturated heterocycles. The smallest absolute Gasteiger partial charge is 0.224 e. The summed E-state index contributed by atoms with van der Waals surface area (Å²) in [5, 5.41) is 6.54. The van der Waals surface area contributed by atoms with Gasteiger partial charge in [-0.05, 0) is 57.5 Å². The van der Waals surface area contributed by atoms with E-state index in [9.17, 15) is 0 Å². The SMILES string of the molecule is CCC(C)Nc1nccc(Nc2ccc(OC(C)C)cc2)n1. The molecule has 0 radical (unpaired) electrons. The second kappa shape index (κ2) is 7.64. The fourth-order valence-corrected chi connectivity index (χ4v) is 1.86. The summed E-state index contributed by atoms with van der Waals surface area (Å²) in [4.78, 5) is 8.70. The molecule has 5 heteroatoms. The third-order valence-corrected chi connectivity index (χ3v) is 3.14. The molecule has 1 atom stereocenters. The summed E-state index contributed by atoms with van der Waals surface area (Å²) in [6.07, 6.45) is 2.95. The first-order valence-electron chi connectivity index (χ1n) is 7.70. The van der Waals surface area contributed by atoms with Gasteiger partial charge < -0.3 is 15.4 Å². The summed E-state index contributed by atoms with van der Waals surface area (Å²) in [5.41, 5.74) is 0.962. The average Bonchev–Trinajstić information content (AvgIpc) is 2.49. The number of nitrogens with zero attached hydrogens (tertiary/aromatic N) is 2. The molecule has 2 rings (SSSR count). The summed E-state index contributed by atoms with van der Waals surface area (Å²) >= 11 is 0. The van der Waals surface area contributed by atoms with Gasteiger partial charge in [-0.3, -0.25) is 0 Å². The molecule has 1 aromatic carbocycles. The van der Waals surface area contributed by atoms with Crippen molar-refractivity contribution >= 4 is 17.5 Å². The summed E-state index contributed by atoms with van der Waals surface area (Å²) in [6.45, 7) is 8.26. The van der Waals surface area contributed by atoms with Crippen LogP contribution >= 0.6 is 0 Å². The number of benzene rings is 1. The van der Waals surface area contributed by atoms with E-state index < -0.39 is 0 Å². The van der Waals surface area contributed by atoms with Crippen molar-refractivity contribution in [3.8, 4) is 5.75 Å². The van der Waals surface area contributed by atoms with Crippen LogP contribution in [0.15, 0.2) is 36.5 Å². The highest BCUT2D eigenvalue weighted by atomic mass is 16.5. The van der Waals surface area contributed by atoms with Crippen LogP contribution in [0.3, 0.4) is 0 Å². The van der Waals surface area contributed by atoms with Crippen LogP contribution in [0.1, 0.15) is 34.1 Å². The Morgan fingerprint density at radius 2 is 1.82 bits per heavy atom. The maximum absolute atomic E-state index is 5.63.